The molecule has 0 heterocycles. The van der Waals surface area contributed by atoms with Gasteiger partial charge in [-0.1, -0.05) is 11.6 Å². The average molecular weight is 215 g/mol. The number of ether oxygens (including phenoxy) is 1. The Kier molecular flexibility index (Phi) is 3.49. The molecule has 1 aromatic rings. The van der Waals surface area contributed by atoms with Crippen molar-refractivity contribution in [1.29, 1.82) is 0 Å². The molecule has 0 radical (unpaired) electrons. The fourth-order valence-corrected chi connectivity index (χ4v) is 1.42. The second kappa shape index (κ2) is 4.44. The van der Waals surface area contributed by atoms with Crippen LogP contribution < -0.4 is 0 Å². The van der Waals surface area contributed by atoms with Crippen LogP contribution in [0.1, 0.15) is 22.8 Å². The van der Waals surface area contributed by atoms with Crippen LogP contribution in [-0.2, 0) is 11.3 Å². The van der Waals surface area contributed by atoms with E-state index in [0.717, 1.165) is 5.56 Å². The Morgan fingerprint density at radius 1 is 1.57 bits per heavy atom. The first-order valence-corrected chi connectivity index (χ1v) is 4.45. The number of halogens is 1. The average Bonchev–Trinajstić information content (AvgIpc) is 2.11. The van der Waals surface area contributed by atoms with E-state index >= 15 is 0 Å². The summed E-state index contributed by atoms with van der Waals surface area (Å²) in [6, 6.07) is 3.15. The summed E-state index contributed by atoms with van der Waals surface area (Å²) >= 11 is 5.74. The maximum absolute atomic E-state index is 11.1. The van der Waals surface area contributed by atoms with Crippen molar-refractivity contribution in [2.24, 2.45) is 0 Å². The van der Waals surface area contributed by atoms with E-state index < -0.39 is 0 Å². The van der Waals surface area contributed by atoms with Gasteiger partial charge in [-0.25, -0.2) is 0 Å². The van der Waals surface area contributed by atoms with Crippen molar-refractivity contribution >= 4 is 17.4 Å². The number of phenols is 1. The van der Waals surface area contributed by atoms with Crippen LogP contribution in [0.4, 0.5) is 0 Å². The molecule has 0 fully saturated rings. The van der Waals surface area contributed by atoms with Gasteiger partial charge >= 0.3 is 0 Å². The van der Waals surface area contributed by atoms with E-state index in [9.17, 15) is 9.90 Å². The topological polar surface area (TPSA) is 46.5 Å². The Morgan fingerprint density at radius 2 is 2.21 bits per heavy atom. The largest absolute Gasteiger partial charge is 0.506 e. The number of carbonyl (C=O) groups is 1. The molecule has 1 aromatic carbocycles. The number of aromatic hydroxyl groups is 1. The predicted octanol–water partition coefficient (Wildman–Crippen LogP) is 2.39. The van der Waals surface area contributed by atoms with E-state index in [-0.39, 0.29) is 22.1 Å². The molecule has 3 nitrogen and oxygen atoms in total. The lowest BCUT2D eigenvalue weighted by Crippen LogP contribution is -1.97. The quantitative estimate of drug-likeness (QED) is 0.786. The van der Waals surface area contributed by atoms with Gasteiger partial charge in [-0.15, -0.1) is 0 Å². The second-order valence-corrected chi connectivity index (χ2v) is 3.37. The molecular weight excluding hydrogens is 204 g/mol. The molecule has 76 valence electrons. The Bertz CT molecular complexity index is 361. The highest BCUT2D eigenvalue weighted by Gasteiger charge is 2.11. The number of hydrogen-bond donors (Lipinski definition) is 1. The fourth-order valence-electron chi connectivity index (χ4n) is 1.17. The van der Waals surface area contributed by atoms with Crippen LogP contribution in [0.15, 0.2) is 12.1 Å². The maximum atomic E-state index is 11.1. The normalized spacial score (nSPS) is 10.2. The maximum Gasteiger partial charge on any atom is 0.163 e. The first kappa shape index (κ1) is 11.0. The highest BCUT2D eigenvalue weighted by atomic mass is 35.5. The SMILES string of the molecule is COCc1cc(Cl)c(O)c(C(C)=O)c1. The molecule has 0 aromatic heterocycles. The van der Waals surface area contributed by atoms with Gasteiger partial charge in [-0.3, -0.25) is 4.79 Å². The predicted molar refractivity (Wildman–Crippen MR) is 53.8 cm³/mol. The van der Waals surface area contributed by atoms with Gasteiger partial charge in [0, 0.05) is 7.11 Å². The van der Waals surface area contributed by atoms with Crippen LogP contribution in [0.2, 0.25) is 5.02 Å². The van der Waals surface area contributed by atoms with Crippen molar-refractivity contribution in [1.82, 2.24) is 0 Å². The third-order valence-corrected chi connectivity index (χ3v) is 2.10. The molecular formula is C10H11ClO3. The van der Waals surface area contributed by atoms with Crippen LogP contribution in [-0.4, -0.2) is 18.0 Å². The van der Waals surface area contributed by atoms with E-state index in [1.54, 1.807) is 19.2 Å². The number of ketones is 1. The monoisotopic (exact) mass is 214 g/mol. The van der Waals surface area contributed by atoms with E-state index in [1.165, 1.54) is 6.92 Å². The van der Waals surface area contributed by atoms with Gasteiger partial charge in [0.05, 0.1) is 17.2 Å². The molecule has 0 aliphatic carbocycles. The molecule has 4 heteroatoms. The van der Waals surface area contributed by atoms with Crippen molar-refractivity contribution in [2.75, 3.05) is 7.11 Å². The van der Waals surface area contributed by atoms with E-state index in [2.05, 4.69) is 0 Å². The zero-order valence-electron chi connectivity index (χ0n) is 8.00. The van der Waals surface area contributed by atoms with Crippen LogP contribution in [0.5, 0.6) is 5.75 Å². The molecule has 0 aliphatic heterocycles. The number of methoxy groups -OCH3 is 1. The van der Waals surface area contributed by atoms with Crippen LogP contribution in [0, 0.1) is 0 Å². The number of carbonyl (C=O) groups excluding carboxylic acids is 1. The number of rotatable bonds is 3. The molecule has 1 rings (SSSR count). The van der Waals surface area contributed by atoms with E-state index in [0.29, 0.717) is 6.61 Å². The molecule has 0 bridgehead atoms. The second-order valence-electron chi connectivity index (χ2n) is 2.96. The molecule has 0 spiro atoms. The molecule has 1 N–H and O–H groups in total. The lowest BCUT2D eigenvalue weighted by Gasteiger charge is -2.06. The molecule has 0 atom stereocenters. The number of Topliss-reactive ketones (excluding diaryl/α,β-unsaturated/α-hetero) is 1. The lowest BCUT2D eigenvalue weighted by molar-refractivity contribution is 0.101. The molecule has 0 unspecified atom stereocenters. The van der Waals surface area contributed by atoms with E-state index in [4.69, 9.17) is 16.3 Å². The number of benzene rings is 1. The summed E-state index contributed by atoms with van der Waals surface area (Å²) in [5.74, 6) is -0.388. The van der Waals surface area contributed by atoms with Gasteiger partial charge in [-0.2, -0.15) is 0 Å². The summed E-state index contributed by atoms with van der Waals surface area (Å²) in [6.45, 7) is 1.74. The van der Waals surface area contributed by atoms with Crippen molar-refractivity contribution in [3.05, 3.63) is 28.3 Å². The molecule has 14 heavy (non-hydrogen) atoms. The first-order chi connectivity index (χ1) is 6.56. The minimum absolute atomic E-state index is 0.168. The third-order valence-electron chi connectivity index (χ3n) is 1.81. The summed E-state index contributed by atoms with van der Waals surface area (Å²) < 4.78 is 4.91. The zero-order chi connectivity index (χ0) is 10.7. The van der Waals surface area contributed by atoms with Gasteiger partial charge < -0.3 is 9.84 Å². The highest BCUT2D eigenvalue weighted by Crippen LogP contribution is 2.29. The Morgan fingerprint density at radius 3 is 2.71 bits per heavy atom. The Balaban J connectivity index is 3.21. The summed E-state index contributed by atoms with van der Waals surface area (Å²) in [5, 5.41) is 9.64. The fraction of sp³-hybridized carbons (Fsp3) is 0.300. The zero-order valence-corrected chi connectivity index (χ0v) is 8.76. The third kappa shape index (κ3) is 2.25. The van der Waals surface area contributed by atoms with Crippen molar-refractivity contribution in [3.63, 3.8) is 0 Å². The summed E-state index contributed by atoms with van der Waals surface area (Å²) in [6.07, 6.45) is 0. The standard InChI is InChI=1S/C10H11ClO3/c1-6(12)8-3-7(5-14-2)4-9(11)10(8)13/h3-4,13H,5H2,1-2H3. The Labute approximate surface area is 87.3 Å². The lowest BCUT2D eigenvalue weighted by atomic mass is 10.1. The molecule has 0 saturated heterocycles. The first-order valence-electron chi connectivity index (χ1n) is 4.07. The highest BCUT2D eigenvalue weighted by molar-refractivity contribution is 6.32. The molecule has 0 aliphatic rings. The summed E-state index contributed by atoms with van der Waals surface area (Å²) in [5.41, 5.74) is 0.991. The van der Waals surface area contributed by atoms with Crippen molar-refractivity contribution in [2.45, 2.75) is 13.5 Å². The number of hydrogen-bond acceptors (Lipinski definition) is 3. The Hall–Kier alpha value is -1.06. The van der Waals surface area contributed by atoms with Crippen molar-refractivity contribution < 1.29 is 14.6 Å². The molecule has 0 amide bonds. The molecule has 0 saturated carbocycles. The minimum Gasteiger partial charge on any atom is -0.506 e. The van der Waals surface area contributed by atoms with Crippen LogP contribution in [0.25, 0.3) is 0 Å². The van der Waals surface area contributed by atoms with Gasteiger partial charge in [0.15, 0.2) is 5.78 Å². The minimum atomic E-state index is -0.220. The van der Waals surface area contributed by atoms with Crippen LogP contribution >= 0.6 is 11.6 Å². The van der Waals surface area contributed by atoms with E-state index in [1.807, 2.05) is 0 Å². The van der Waals surface area contributed by atoms with Crippen molar-refractivity contribution in [3.8, 4) is 5.75 Å². The van der Waals surface area contributed by atoms with Crippen LogP contribution in [0.3, 0.4) is 0 Å². The van der Waals surface area contributed by atoms with Gasteiger partial charge in [-0.05, 0) is 24.6 Å². The van der Waals surface area contributed by atoms with Gasteiger partial charge in [0.2, 0.25) is 0 Å². The van der Waals surface area contributed by atoms with Gasteiger partial charge in [0.1, 0.15) is 5.75 Å². The van der Waals surface area contributed by atoms with Gasteiger partial charge in [0.25, 0.3) is 0 Å². The summed E-state index contributed by atoms with van der Waals surface area (Å²) in [7, 11) is 1.55. The summed E-state index contributed by atoms with van der Waals surface area (Å²) in [4.78, 5) is 11.1. The smallest absolute Gasteiger partial charge is 0.163 e. The number of phenolic OH excluding ortho intramolecular Hbond substituents is 1.